The van der Waals surface area contributed by atoms with E-state index in [1.165, 1.54) is 77.0 Å². The van der Waals surface area contributed by atoms with Crippen molar-refractivity contribution in [2.45, 2.75) is 154 Å². The Labute approximate surface area is 210 Å². The number of rotatable bonds is 22. The first-order valence-corrected chi connectivity index (χ1v) is 14.0. The van der Waals surface area contributed by atoms with Gasteiger partial charge in [0.05, 0.1) is 21.5 Å². The van der Waals surface area contributed by atoms with Gasteiger partial charge in [-0.05, 0) is 19.3 Å². The molecule has 2 atom stereocenters. The van der Waals surface area contributed by atoms with Crippen LogP contribution in [0.15, 0.2) is 0 Å². The molecular weight excluding hydrogens is 407 g/mol. The van der Waals surface area contributed by atoms with Crippen molar-refractivity contribution in [2.24, 2.45) is 0 Å². The van der Waals surface area contributed by atoms with Crippen LogP contribution in [0.4, 0.5) is 0 Å². The summed E-state index contributed by atoms with van der Waals surface area (Å²) in [6.07, 6.45) is 21.2. The zero-order valence-corrected chi connectivity index (χ0v) is 23.2. The number of hydrogen-bond donors (Lipinski definition) is 1. The van der Waals surface area contributed by atoms with Crippen molar-refractivity contribution in [1.29, 1.82) is 0 Å². The molecule has 0 saturated carbocycles. The van der Waals surface area contributed by atoms with Gasteiger partial charge in [0, 0.05) is 0 Å². The van der Waals surface area contributed by atoms with E-state index in [9.17, 15) is 18.1 Å². The maximum atomic E-state index is 11.5. The van der Waals surface area contributed by atoms with Crippen LogP contribution in [-0.4, -0.2) is 29.4 Å². The van der Waals surface area contributed by atoms with Gasteiger partial charge >= 0.3 is 29.6 Å². The third-order valence-corrected chi connectivity index (χ3v) is 7.21. The Bertz CT molecular complexity index is 442. The quantitative estimate of drug-likeness (QED) is 0.151. The molecule has 2 unspecified atom stereocenters. The zero-order chi connectivity index (χ0) is 21.8. The summed E-state index contributed by atoms with van der Waals surface area (Å²) in [5, 5.41) is 9.02. The van der Waals surface area contributed by atoms with Crippen LogP contribution in [-0.2, 0) is 10.1 Å². The molecule has 0 bridgehead atoms. The van der Waals surface area contributed by atoms with Crippen molar-refractivity contribution in [1.82, 2.24) is 0 Å². The van der Waals surface area contributed by atoms with Gasteiger partial charge in [-0.25, -0.2) is 8.42 Å². The first kappa shape index (κ1) is 33.0. The second-order valence-electron chi connectivity index (χ2n) is 8.88. The van der Waals surface area contributed by atoms with Gasteiger partial charge in [0.15, 0.2) is 0 Å². The molecule has 0 aliphatic heterocycles. The van der Waals surface area contributed by atoms with Crippen LogP contribution in [0.25, 0.3) is 0 Å². The summed E-state index contributed by atoms with van der Waals surface area (Å²) in [4.78, 5) is 0. The molecule has 1 N–H and O–H groups in total. The number of aliphatic hydroxyl groups is 1. The smallest absolute Gasteiger partial charge is 0.748 e. The zero-order valence-electron chi connectivity index (χ0n) is 20.4. The van der Waals surface area contributed by atoms with Gasteiger partial charge in [-0.15, -0.1) is 0 Å². The van der Waals surface area contributed by atoms with E-state index in [-0.39, 0.29) is 36.0 Å². The van der Waals surface area contributed by atoms with Crippen LogP contribution in [0.3, 0.4) is 0 Å². The normalized spacial score (nSPS) is 13.7. The van der Waals surface area contributed by atoms with E-state index < -0.39 is 21.5 Å². The third kappa shape index (κ3) is 22.1. The molecule has 0 aliphatic carbocycles. The molecule has 30 heavy (non-hydrogen) atoms. The van der Waals surface area contributed by atoms with Crippen molar-refractivity contribution in [3.05, 3.63) is 0 Å². The molecule has 0 fully saturated rings. The van der Waals surface area contributed by atoms with E-state index in [1.807, 2.05) is 6.92 Å². The average Bonchev–Trinajstić information content (AvgIpc) is 2.67. The van der Waals surface area contributed by atoms with Crippen LogP contribution >= 0.6 is 0 Å². The summed E-state index contributed by atoms with van der Waals surface area (Å²) >= 11 is 0. The van der Waals surface area contributed by atoms with Gasteiger partial charge in [0.2, 0.25) is 0 Å². The van der Waals surface area contributed by atoms with E-state index in [4.69, 9.17) is 0 Å². The fourth-order valence-corrected chi connectivity index (χ4v) is 4.90. The Hall–Kier alpha value is 0.870. The van der Waals surface area contributed by atoms with Crippen molar-refractivity contribution in [2.75, 3.05) is 0 Å². The van der Waals surface area contributed by atoms with E-state index in [1.54, 1.807) is 0 Å². The SMILES string of the molecule is CCCCCCCCCCCCCCCCCC(CC(O)CCCC)S(=O)(=O)[O-].[Na+]. The van der Waals surface area contributed by atoms with Crippen molar-refractivity contribution in [3.63, 3.8) is 0 Å². The van der Waals surface area contributed by atoms with Gasteiger partial charge in [-0.3, -0.25) is 0 Å². The average molecular weight is 457 g/mol. The van der Waals surface area contributed by atoms with Gasteiger partial charge in [-0.2, -0.15) is 0 Å². The summed E-state index contributed by atoms with van der Waals surface area (Å²) in [6.45, 7) is 4.29. The topological polar surface area (TPSA) is 77.4 Å². The number of aliphatic hydroxyl groups excluding tert-OH is 1. The van der Waals surface area contributed by atoms with Crippen LogP contribution in [0.1, 0.15) is 142 Å². The van der Waals surface area contributed by atoms with Gasteiger partial charge < -0.3 is 9.66 Å². The first-order chi connectivity index (χ1) is 13.9. The van der Waals surface area contributed by atoms with Crippen LogP contribution in [0, 0.1) is 0 Å². The standard InChI is InChI=1S/C24H50O4S.Na/c1-3-5-7-8-9-10-11-12-13-14-15-16-17-18-19-21-24(29(26,27)28)22-23(25)20-6-4-2;/h23-25H,3-22H2,1-2H3,(H,26,27,28);/q;+1/p-1. The molecule has 0 aromatic carbocycles. The van der Waals surface area contributed by atoms with Crippen LogP contribution < -0.4 is 29.6 Å². The van der Waals surface area contributed by atoms with Crippen molar-refractivity contribution in [3.8, 4) is 0 Å². The Morgan fingerprint density at radius 2 is 1.00 bits per heavy atom. The Balaban J connectivity index is 0. The van der Waals surface area contributed by atoms with E-state index in [0.717, 1.165) is 32.1 Å². The maximum absolute atomic E-state index is 11.5. The van der Waals surface area contributed by atoms with E-state index in [0.29, 0.717) is 12.8 Å². The molecule has 0 amide bonds. The minimum absolute atomic E-state index is 0. The van der Waals surface area contributed by atoms with Gasteiger partial charge in [0.1, 0.15) is 0 Å². The van der Waals surface area contributed by atoms with Crippen LogP contribution in [0.5, 0.6) is 0 Å². The molecule has 0 rings (SSSR count). The van der Waals surface area contributed by atoms with E-state index in [2.05, 4.69) is 6.92 Å². The Kier molecular flexibility index (Phi) is 25.4. The summed E-state index contributed by atoms with van der Waals surface area (Å²) < 4.78 is 34.4. The minimum Gasteiger partial charge on any atom is -0.748 e. The molecule has 0 aliphatic rings. The molecule has 0 aromatic heterocycles. The third-order valence-electron chi connectivity index (χ3n) is 5.96. The van der Waals surface area contributed by atoms with Crippen LogP contribution in [0.2, 0.25) is 0 Å². The second kappa shape index (κ2) is 23.0. The number of hydrogen-bond acceptors (Lipinski definition) is 4. The fraction of sp³-hybridized carbons (Fsp3) is 1.00. The molecular formula is C24H49NaO4S. The molecule has 0 spiro atoms. The molecule has 6 heteroatoms. The van der Waals surface area contributed by atoms with Crippen molar-refractivity contribution < 1.29 is 47.6 Å². The summed E-state index contributed by atoms with van der Waals surface area (Å²) in [5.41, 5.74) is 0. The molecule has 0 saturated heterocycles. The molecule has 0 aromatic rings. The molecule has 0 radical (unpaired) electrons. The Morgan fingerprint density at radius 1 is 0.633 bits per heavy atom. The predicted octanol–water partition coefficient (Wildman–Crippen LogP) is 4.11. The fourth-order valence-electron chi connectivity index (χ4n) is 3.98. The number of unbranched alkanes of at least 4 members (excludes halogenated alkanes) is 15. The molecule has 4 nitrogen and oxygen atoms in total. The largest absolute Gasteiger partial charge is 1.00 e. The second-order valence-corrected chi connectivity index (χ2v) is 10.5. The Morgan fingerprint density at radius 3 is 1.37 bits per heavy atom. The van der Waals surface area contributed by atoms with Crippen molar-refractivity contribution >= 4 is 10.1 Å². The van der Waals surface area contributed by atoms with Gasteiger partial charge in [-0.1, -0.05) is 123 Å². The first-order valence-electron chi connectivity index (χ1n) is 12.5. The maximum Gasteiger partial charge on any atom is 1.00 e. The van der Waals surface area contributed by atoms with E-state index >= 15 is 0 Å². The van der Waals surface area contributed by atoms with Gasteiger partial charge in [0.25, 0.3) is 0 Å². The molecule has 176 valence electrons. The monoisotopic (exact) mass is 456 g/mol. The summed E-state index contributed by atoms with van der Waals surface area (Å²) in [7, 11) is -4.31. The summed E-state index contributed by atoms with van der Waals surface area (Å²) in [6, 6.07) is 0. The summed E-state index contributed by atoms with van der Waals surface area (Å²) in [5.74, 6) is 0. The molecule has 0 heterocycles. The minimum atomic E-state index is -4.31. The predicted molar refractivity (Wildman–Crippen MR) is 123 cm³/mol.